The summed E-state index contributed by atoms with van der Waals surface area (Å²) in [5, 5.41) is 0. The lowest BCUT2D eigenvalue weighted by molar-refractivity contribution is 0.153. The van der Waals surface area contributed by atoms with Crippen molar-refractivity contribution >= 4 is 0 Å². The highest BCUT2D eigenvalue weighted by Crippen LogP contribution is 2.37. The van der Waals surface area contributed by atoms with Crippen molar-refractivity contribution in [3.8, 4) is 0 Å². The van der Waals surface area contributed by atoms with Gasteiger partial charge in [0.25, 0.3) is 0 Å². The monoisotopic (exact) mass is 169 g/mol. The fraction of sp³-hybridized carbons (Fsp3) is 1.00. The smallest absolute Gasteiger partial charge is 0.0180 e. The third-order valence-corrected chi connectivity index (χ3v) is 3.56. The summed E-state index contributed by atoms with van der Waals surface area (Å²) in [4.78, 5) is 0. The van der Waals surface area contributed by atoms with Gasteiger partial charge in [-0.05, 0) is 37.5 Å². The summed E-state index contributed by atoms with van der Waals surface area (Å²) in [6.07, 6.45) is 6.34. The molecule has 0 heterocycles. The molecule has 1 saturated carbocycles. The molecule has 12 heavy (non-hydrogen) atoms. The third kappa shape index (κ3) is 2.01. The Morgan fingerprint density at radius 2 is 2.08 bits per heavy atom. The Balaban J connectivity index is 2.53. The lowest BCUT2D eigenvalue weighted by atomic mass is 9.69. The van der Waals surface area contributed by atoms with Gasteiger partial charge < -0.3 is 5.73 Å². The van der Waals surface area contributed by atoms with Crippen molar-refractivity contribution in [2.75, 3.05) is 0 Å². The lowest BCUT2D eigenvalue weighted by Gasteiger charge is -2.42. The molecule has 0 bridgehead atoms. The topological polar surface area (TPSA) is 26.0 Å². The first-order chi connectivity index (χ1) is 5.58. The Morgan fingerprint density at radius 1 is 1.42 bits per heavy atom. The third-order valence-electron chi connectivity index (χ3n) is 3.56. The molecule has 72 valence electrons. The van der Waals surface area contributed by atoms with E-state index in [1.54, 1.807) is 0 Å². The van der Waals surface area contributed by atoms with Gasteiger partial charge in [-0.2, -0.15) is 0 Å². The molecule has 3 unspecified atom stereocenters. The highest BCUT2D eigenvalue weighted by atomic mass is 14.8. The van der Waals surface area contributed by atoms with Gasteiger partial charge in [0.1, 0.15) is 0 Å². The fourth-order valence-corrected chi connectivity index (χ4v) is 2.55. The Kier molecular flexibility index (Phi) is 3.16. The summed E-state index contributed by atoms with van der Waals surface area (Å²) in [7, 11) is 0. The molecule has 1 fully saturated rings. The summed E-state index contributed by atoms with van der Waals surface area (Å²) < 4.78 is 0. The number of nitrogens with two attached hydrogens (primary N) is 1. The fourth-order valence-electron chi connectivity index (χ4n) is 2.55. The van der Waals surface area contributed by atoms with Gasteiger partial charge in [0, 0.05) is 5.54 Å². The molecule has 3 atom stereocenters. The van der Waals surface area contributed by atoms with E-state index in [1.165, 1.54) is 32.1 Å². The van der Waals surface area contributed by atoms with Crippen molar-refractivity contribution in [3.05, 3.63) is 0 Å². The second-order valence-corrected chi connectivity index (χ2v) is 4.76. The summed E-state index contributed by atoms with van der Waals surface area (Å²) >= 11 is 0. The van der Waals surface area contributed by atoms with Gasteiger partial charge in [-0.3, -0.25) is 0 Å². The van der Waals surface area contributed by atoms with E-state index in [-0.39, 0.29) is 5.54 Å². The average molecular weight is 169 g/mol. The van der Waals surface area contributed by atoms with Gasteiger partial charge >= 0.3 is 0 Å². The van der Waals surface area contributed by atoms with E-state index in [2.05, 4.69) is 20.8 Å². The maximum Gasteiger partial charge on any atom is 0.0180 e. The van der Waals surface area contributed by atoms with E-state index in [9.17, 15) is 0 Å². The number of rotatable bonds is 2. The Morgan fingerprint density at radius 3 is 2.58 bits per heavy atom. The summed E-state index contributed by atoms with van der Waals surface area (Å²) in [5.41, 5.74) is 6.54. The van der Waals surface area contributed by atoms with E-state index < -0.39 is 0 Å². The first-order valence-electron chi connectivity index (χ1n) is 5.37. The molecule has 1 nitrogen and oxygen atoms in total. The van der Waals surface area contributed by atoms with Crippen LogP contribution >= 0.6 is 0 Å². The van der Waals surface area contributed by atoms with Crippen LogP contribution in [0.5, 0.6) is 0 Å². The van der Waals surface area contributed by atoms with Crippen molar-refractivity contribution in [1.29, 1.82) is 0 Å². The average Bonchev–Trinajstić information content (AvgIpc) is 1.99. The standard InChI is InChI=1S/C11H23N/c1-4-6-11(12)7-5-9(2)8-10(11)3/h9-10H,4-8,12H2,1-3H3. The van der Waals surface area contributed by atoms with E-state index in [1.807, 2.05) is 0 Å². The van der Waals surface area contributed by atoms with Crippen molar-refractivity contribution in [3.63, 3.8) is 0 Å². The van der Waals surface area contributed by atoms with E-state index in [0.29, 0.717) is 0 Å². The van der Waals surface area contributed by atoms with Crippen LogP contribution in [0.25, 0.3) is 0 Å². The molecule has 0 amide bonds. The van der Waals surface area contributed by atoms with Crippen LogP contribution in [0.3, 0.4) is 0 Å². The van der Waals surface area contributed by atoms with Crippen LogP contribution in [0.4, 0.5) is 0 Å². The molecule has 0 spiro atoms. The van der Waals surface area contributed by atoms with Gasteiger partial charge in [-0.1, -0.05) is 27.2 Å². The maximum atomic E-state index is 6.38. The second kappa shape index (κ2) is 3.78. The lowest BCUT2D eigenvalue weighted by Crippen LogP contribution is -2.49. The van der Waals surface area contributed by atoms with E-state index >= 15 is 0 Å². The number of hydrogen-bond donors (Lipinski definition) is 1. The van der Waals surface area contributed by atoms with Crippen LogP contribution in [0.15, 0.2) is 0 Å². The minimum atomic E-state index is 0.168. The minimum absolute atomic E-state index is 0.168. The molecule has 2 N–H and O–H groups in total. The molecule has 0 aromatic carbocycles. The van der Waals surface area contributed by atoms with E-state index in [0.717, 1.165) is 11.8 Å². The van der Waals surface area contributed by atoms with Crippen LogP contribution in [0.1, 0.15) is 52.9 Å². The van der Waals surface area contributed by atoms with Crippen LogP contribution < -0.4 is 5.73 Å². The predicted molar refractivity (Wildman–Crippen MR) is 54.0 cm³/mol. The molecule has 1 rings (SSSR count). The molecule has 0 saturated heterocycles. The minimum Gasteiger partial charge on any atom is -0.325 e. The summed E-state index contributed by atoms with van der Waals surface area (Å²) in [5.74, 6) is 1.62. The van der Waals surface area contributed by atoms with Crippen molar-refractivity contribution in [1.82, 2.24) is 0 Å². The van der Waals surface area contributed by atoms with Crippen molar-refractivity contribution in [2.45, 2.75) is 58.4 Å². The Bertz CT molecular complexity index is 144. The van der Waals surface area contributed by atoms with Crippen LogP contribution in [0, 0.1) is 11.8 Å². The summed E-state index contributed by atoms with van der Waals surface area (Å²) in [6.45, 7) is 6.91. The van der Waals surface area contributed by atoms with Gasteiger partial charge in [-0.15, -0.1) is 0 Å². The number of hydrogen-bond acceptors (Lipinski definition) is 1. The molecule has 0 aliphatic heterocycles. The second-order valence-electron chi connectivity index (χ2n) is 4.76. The Hall–Kier alpha value is -0.0400. The van der Waals surface area contributed by atoms with Gasteiger partial charge in [0.2, 0.25) is 0 Å². The molecular formula is C11H23N. The SMILES string of the molecule is CCCC1(N)CCC(C)CC1C. The van der Waals surface area contributed by atoms with Gasteiger partial charge in [-0.25, -0.2) is 0 Å². The molecule has 1 aliphatic rings. The Labute approximate surface area is 76.7 Å². The van der Waals surface area contributed by atoms with Crippen molar-refractivity contribution < 1.29 is 0 Å². The quantitative estimate of drug-likeness (QED) is 0.675. The molecule has 1 heteroatoms. The molecule has 1 aliphatic carbocycles. The zero-order valence-electron chi connectivity index (χ0n) is 8.77. The highest BCUT2D eigenvalue weighted by Gasteiger charge is 2.35. The maximum absolute atomic E-state index is 6.38. The molecule has 0 aromatic rings. The zero-order chi connectivity index (χ0) is 9.19. The molecular weight excluding hydrogens is 146 g/mol. The van der Waals surface area contributed by atoms with Crippen molar-refractivity contribution in [2.24, 2.45) is 17.6 Å². The highest BCUT2D eigenvalue weighted by molar-refractivity contribution is 4.93. The largest absolute Gasteiger partial charge is 0.325 e. The first kappa shape index (κ1) is 10.0. The summed E-state index contributed by atoms with van der Waals surface area (Å²) in [6, 6.07) is 0. The molecule has 0 radical (unpaired) electrons. The van der Waals surface area contributed by atoms with Crippen LogP contribution in [0.2, 0.25) is 0 Å². The normalized spacial score (nSPS) is 43.0. The van der Waals surface area contributed by atoms with Crippen LogP contribution in [-0.2, 0) is 0 Å². The zero-order valence-corrected chi connectivity index (χ0v) is 8.77. The first-order valence-corrected chi connectivity index (χ1v) is 5.37. The predicted octanol–water partition coefficient (Wildman–Crippen LogP) is 2.94. The van der Waals surface area contributed by atoms with Gasteiger partial charge in [0.05, 0.1) is 0 Å². The molecule has 0 aromatic heterocycles. The van der Waals surface area contributed by atoms with E-state index in [4.69, 9.17) is 5.73 Å². The van der Waals surface area contributed by atoms with Gasteiger partial charge in [0.15, 0.2) is 0 Å². The van der Waals surface area contributed by atoms with Crippen LogP contribution in [-0.4, -0.2) is 5.54 Å².